The molecular formula is C27H26N2O5. The van der Waals surface area contributed by atoms with Gasteiger partial charge in [0.05, 0.1) is 37.0 Å². The molecule has 0 radical (unpaired) electrons. The molecule has 0 spiro atoms. The molecular weight excluding hydrogens is 432 g/mol. The van der Waals surface area contributed by atoms with E-state index in [0.29, 0.717) is 41.2 Å². The first kappa shape index (κ1) is 23.0. The van der Waals surface area contributed by atoms with Crippen LogP contribution in [-0.4, -0.2) is 48.3 Å². The van der Waals surface area contributed by atoms with Gasteiger partial charge in [-0.25, -0.2) is 0 Å². The van der Waals surface area contributed by atoms with Gasteiger partial charge >= 0.3 is 0 Å². The highest BCUT2D eigenvalue weighted by molar-refractivity contribution is 6.21. The van der Waals surface area contributed by atoms with Crippen LogP contribution in [0.25, 0.3) is 0 Å². The lowest BCUT2D eigenvalue weighted by Crippen LogP contribution is -2.30. The molecule has 4 rings (SSSR count). The van der Waals surface area contributed by atoms with Crippen molar-refractivity contribution in [3.8, 4) is 11.5 Å². The second kappa shape index (κ2) is 9.79. The summed E-state index contributed by atoms with van der Waals surface area (Å²) in [4.78, 5) is 41.7. The number of benzene rings is 3. The zero-order valence-corrected chi connectivity index (χ0v) is 19.4. The lowest BCUT2D eigenvalue weighted by Gasteiger charge is -2.21. The largest absolute Gasteiger partial charge is 0.497 e. The number of ether oxygens (including phenoxy) is 2. The maximum absolute atomic E-state index is 13.4. The molecule has 0 saturated carbocycles. The summed E-state index contributed by atoms with van der Waals surface area (Å²) in [6, 6.07) is 19.5. The van der Waals surface area contributed by atoms with Crippen LogP contribution in [0.15, 0.2) is 66.7 Å². The minimum absolute atomic E-state index is 0.0681. The van der Waals surface area contributed by atoms with Crippen molar-refractivity contribution in [2.75, 3.05) is 20.8 Å². The Morgan fingerprint density at radius 1 is 0.912 bits per heavy atom. The summed E-state index contributed by atoms with van der Waals surface area (Å²) >= 11 is 0. The van der Waals surface area contributed by atoms with Gasteiger partial charge in [-0.15, -0.1) is 0 Å². The first-order valence-electron chi connectivity index (χ1n) is 11.0. The third kappa shape index (κ3) is 4.50. The Morgan fingerprint density at radius 3 is 2.26 bits per heavy atom. The summed E-state index contributed by atoms with van der Waals surface area (Å²) in [5, 5.41) is 0. The van der Waals surface area contributed by atoms with Crippen molar-refractivity contribution < 1.29 is 23.9 Å². The third-order valence-corrected chi connectivity index (χ3v) is 5.69. The Hall–Kier alpha value is -4.13. The lowest BCUT2D eigenvalue weighted by atomic mass is 10.1. The Morgan fingerprint density at radius 2 is 1.62 bits per heavy atom. The molecule has 0 bridgehead atoms. The Bertz CT molecular complexity index is 1220. The SMILES string of the molecule is CCOc1ccc(CN2C(=O)c3ccccc3C2=O)cc1C(=O)N(C)Cc1cccc(OC)c1. The number of imide groups is 1. The lowest BCUT2D eigenvalue weighted by molar-refractivity contribution is 0.0642. The van der Waals surface area contributed by atoms with Gasteiger partial charge in [-0.2, -0.15) is 0 Å². The molecule has 0 aliphatic carbocycles. The van der Waals surface area contributed by atoms with Gasteiger partial charge in [0.1, 0.15) is 11.5 Å². The summed E-state index contributed by atoms with van der Waals surface area (Å²) in [5.74, 6) is 0.276. The normalized spacial score (nSPS) is 12.5. The topological polar surface area (TPSA) is 76.2 Å². The van der Waals surface area contributed by atoms with E-state index in [1.54, 1.807) is 61.5 Å². The number of methoxy groups -OCH3 is 1. The molecule has 34 heavy (non-hydrogen) atoms. The molecule has 1 aliphatic heterocycles. The highest BCUT2D eigenvalue weighted by Gasteiger charge is 2.35. The molecule has 0 atom stereocenters. The number of amides is 3. The van der Waals surface area contributed by atoms with E-state index in [4.69, 9.17) is 9.47 Å². The van der Waals surface area contributed by atoms with Crippen molar-refractivity contribution in [1.29, 1.82) is 0 Å². The van der Waals surface area contributed by atoms with Gasteiger partial charge in [0.15, 0.2) is 0 Å². The average molecular weight is 459 g/mol. The highest BCUT2D eigenvalue weighted by atomic mass is 16.5. The van der Waals surface area contributed by atoms with Crippen LogP contribution in [-0.2, 0) is 13.1 Å². The smallest absolute Gasteiger partial charge is 0.261 e. The number of hydrogen-bond donors (Lipinski definition) is 0. The van der Waals surface area contributed by atoms with E-state index < -0.39 is 0 Å². The van der Waals surface area contributed by atoms with Gasteiger partial charge in [0.2, 0.25) is 0 Å². The van der Waals surface area contributed by atoms with Crippen molar-refractivity contribution in [2.24, 2.45) is 0 Å². The molecule has 174 valence electrons. The second-order valence-corrected chi connectivity index (χ2v) is 8.02. The van der Waals surface area contributed by atoms with Gasteiger partial charge in [-0.3, -0.25) is 19.3 Å². The molecule has 1 heterocycles. The summed E-state index contributed by atoms with van der Waals surface area (Å²) in [6.07, 6.45) is 0. The predicted molar refractivity (Wildman–Crippen MR) is 127 cm³/mol. The van der Waals surface area contributed by atoms with Crippen LogP contribution in [0.3, 0.4) is 0 Å². The van der Waals surface area contributed by atoms with Gasteiger partial charge in [0.25, 0.3) is 17.7 Å². The van der Waals surface area contributed by atoms with Gasteiger partial charge in [-0.1, -0.05) is 30.3 Å². The number of nitrogens with zero attached hydrogens (tertiary/aromatic N) is 2. The summed E-state index contributed by atoms with van der Waals surface area (Å²) in [7, 11) is 3.32. The Labute approximate surface area is 198 Å². The van der Waals surface area contributed by atoms with Crippen LogP contribution in [0.2, 0.25) is 0 Å². The van der Waals surface area contributed by atoms with Gasteiger partial charge in [-0.05, 0) is 54.4 Å². The molecule has 3 aromatic rings. The van der Waals surface area contributed by atoms with E-state index in [2.05, 4.69) is 0 Å². The van der Waals surface area contributed by atoms with E-state index in [1.165, 1.54) is 4.90 Å². The predicted octanol–water partition coefficient (Wildman–Crippen LogP) is 4.16. The molecule has 0 unspecified atom stereocenters. The van der Waals surface area contributed by atoms with Crippen LogP contribution in [0.1, 0.15) is 49.1 Å². The molecule has 0 fully saturated rings. The fourth-order valence-corrected chi connectivity index (χ4v) is 4.01. The Kier molecular flexibility index (Phi) is 6.63. The standard InChI is InChI=1S/C27H26N2O5/c1-4-34-24-13-12-19(17-29-26(31)21-10-5-6-11-22(21)27(29)32)15-23(24)25(30)28(2)16-18-8-7-9-20(14-18)33-3/h5-15H,4,16-17H2,1-3H3. The molecule has 0 N–H and O–H groups in total. The van der Waals surface area contributed by atoms with Crippen LogP contribution in [0.5, 0.6) is 11.5 Å². The van der Waals surface area contributed by atoms with E-state index in [-0.39, 0.29) is 24.3 Å². The summed E-state index contributed by atoms with van der Waals surface area (Å²) < 4.78 is 11.0. The van der Waals surface area contributed by atoms with E-state index in [9.17, 15) is 14.4 Å². The number of carbonyl (C=O) groups is 3. The van der Waals surface area contributed by atoms with E-state index in [1.807, 2.05) is 31.2 Å². The van der Waals surface area contributed by atoms with E-state index >= 15 is 0 Å². The molecule has 7 nitrogen and oxygen atoms in total. The van der Waals surface area contributed by atoms with Crippen molar-refractivity contribution >= 4 is 17.7 Å². The maximum Gasteiger partial charge on any atom is 0.261 e. The number of carbonyl (C=O) groups excluding carboxylic acids is 3. The number of hydrogen-bond acceptors (Lipinski definition) is 5. The number of fused-ring (bicyclic) bond motifs is 1. The first-order chi connectivity index (χ1) is 16.4. The first-order valence-corrected chi connectivity index (χ1v) is 11.0. The van der Waals surface area contributed by atoms with E-state index in [0.717, 1.165) is 11.3 Å². The quantitative estimate of drug-likeness (QED) is 0.474. The molecule has 0 aromatic heterocycles. The molecule has 3 amide bonds. The van der Waals surface area contributed by atoms with Crippen LogP contribution in [0.4, 0.5) is 0 Å². The monoisotopic (exact) mass is 458 g/mol. The highest BCUT2D eigenvalue weighted by Crippen LogP contribution is 2.27. The molecule has 3 aromatic carbocycles. The average Bonchev–Trinajstić information content (AvgIpc) is 3.09. The minimum Gasteiger partial charge on any atom is -0.497 e. The Balaban J connectivity index is 1.58. The van der Waals surface area contributed by atoms with Crippen LogP contribution in [0, 0.1) is 0 Å². The summed E-state index contributed by atoms with van der Waals surface area (Å²) in [6.45, 7) is 2.70. The zero-order valence-electron chi connectivity index (χ0n) is 19.4. The number of rotatable bonds is 8. The second-order valence-electron chi connectivity index (χ2n) is 8.02. The fourth-order valence-electron chi connectivity index (χ4n) is 4.01. The molecule has 1 aliphatic rings. The molecule has 0 saturated heterocycles. The van der Waals surface area contributed by atoms with Crippen molar-refractivity contribution in [3.63, 3.8) is 0 Å². The van der Waals surface area contributed by atoms with Gasteiger partial charge in [0, 0.05) is 13.6 Å². The molecule has 7 heteroatoms. The minimum atomic E-state index is -0.336. The summed E-state index contributed by atoms with van der Waals surface area (Å²) in [5.41, 5.74) is 2.76. The van der Waals surface area contributed by atoms with Gasteiger partial charge < -0.3 is 14.4 Å². The van der Waals surface area contributed by atoms with Crippen molar-refractivity contribution in [1.82, 2.24) is 9.80 Å². The van der Waals surface area contributed by atoms with Crippen LogP contribution >= 0.6 is 0 Å². The van der Waals surface area contributed by atoms with Crippen LogP contribution < -0.4 is 9.47 Å². The van der Waals surface area contributed by atoms with Crippen molar-refractivity contribution in [3.05, 3.63) is 94.5 Å². The maximum atomic E-state index is 13.4. The fraction of sp³-hybridized carbons (Fsp3) is 0.222. The third-order valence-electron chi connectivity index (χ3n) is 5.69. The van der Waals surface area contributed by atoms with Crippen molar-refractivity contribution in [2.45, 2.75) is 20.0 Å². The zero-order chi connectivity index (χ0) is 24.2.